The maximum absolute atomic E-state index is 11.3. The van der Waals surface area contributed by atoms with Crippen LogP contribution in [0.2, 0.25) is 18.1 Å². The summed E-state index contributed by atoms with van der Waals surface area (Å²) in [6.45, 7) is 13.1. The lowest BCUT2D eigenvalue weighted by Crippen LogP contribution is -2.44. The second-order valence-corrected chi connectivity index (χ2v) is 15.0. The van der Waals surface area contributed by atoms with Gasteiger partial charge in [0.05, 0.1) is 6.10 Å². The van der Waals surface area contributed by atoms with Gasteiger partial charge in [-0.1, -0.05) is 26.8 Å². The van der Waals surface area contributed by atoms with Crippen molar-refractivity contribution in [1.29, 1.82) is 0 Å². The molecule has 0 aromatic heterocycles. The average Bonchev–Trinajstić information content (AvgIpc) is 2.96. The smallest absolute Gasteiger partial charge is 0.191 e. The van der Waals surface area contributed by atoms with Crippen LogP contribution in [-0.2, 0) is 18.7 Å². The molecule has 5 heteroatoms. The number of fused-ring (bicyclic) bond motifs is 1. The van der Waals surface area contributed by atoms with E-state index in [4.69, 9.17) is 13.9 Å². The molecular formula is C22H38O4Si. The molecule has 27 heavy (non-hydrogen) atoms. The molecule has 3 unspecified atom stereocenters. The molecule has 0 aromatic rings. The third-order valence-corrected chi connectivity index (χ3v) is 11.8. The van der Waals surface area contributed by atoms with Crippen LogP contribution >= 0.6 is 0 Å². The van der Waals surface area contributed by atoms with E-state index in [-0.39, 0.29) is 17.4 Å². The Morgan fingerprint density at radius 2 is 2.04 bits per heavy atom. The average molecular weight is 395 g/mol. The predicted molar refractivity (Wildman–Crippen MR) is 110 cm³/mol. The zero-order valence-electron chi connectivity index (χ0n) is 17.8. The van der Waals surface area contributed by atoms with Crippen molar-refractivity contribution in [2.24, 2.45) is 17.8 Å². The van der Waals surface area contributed by atoms with Crippen LogP contribution in [0.1, 0.15) is 59.3 Å². The van der Waals surface area contributed by atoms with Crippen molar-refractivity contribution in [3.8, 4) is 0 Å². The fourth-order valence-corrected chi connectivity index (χ4v) is 5.58. The molecule has 0 aromatic carbocycles. The van der Waals surface area contributed by atoms with Crippen molar-refractivity contribution in [3.63, 3.8) is 0 Å². The van der Waals surface area contributed by atoms with Crippen LogP contribution in [0.15, 0.2) is 11.6 Å². The lowest BCUT2D eigenvalue weighted by Gasteiger charge is -2.39. The van der Waals surface area contributed by atoms with E-state index in [9.17, 15) is 4.79 Å². The van der Waals surface area contributed by atoms with Gasteiger partial charge in [0.15, 0.2) is 14.6 Å². The maximum Gasteiger partial charge on any atom is 0.191 e. The quantitative estimate of drug-likeness (QED) is 0.465. The molecule has 3 aliphatic rings. The zero-order chi connectivity index (χ0) is 19.7. The number of aldehydes is 1. The molecule has 0 N–H and O–H groups in total. The third-order valence-electron chi connectivity index (χ3n) is 7.34. The van der Waals surface area contributed by atoms with E-state index in [1.807, 2.05) is 0 Å². The second-order valence-electron chi connectivity index (χ2n) is 10.2. The Bertz CT molecular complexity index is 545. The first-order chi connectivity index (χ1) is 12.7. The molecule has 1 saturated carbocycles. The molecule has 3 rings (SSSR count). The Hall–Kier alpha value is -0.493. The number of carbonyl (C=O) groups excluding carboxylic acids is 1. The lowest BCUT2D eigenvalue weighted by molar-refractivity contribution is -0.197. The summed E-state index contributed by atoms with van der Waals surface area (Å²) in [7, 11) is -1.79. The molecule has 154 valence electrons. The van der Waals surface area contributed by atoms with Gasteiger partial charge in [0, 0.05) is 19.1 Å². The largest absolute Gasteiger partial charge is 0.416 e. The summed E-state index contributed by atoms with van der Waals surface area (Å²) in [4.78, 5) is 11.3. The van der Waals surface area contributed by atoms with Gasteiger partial charge in [-0.2, -0.15) is 0 Å². The van der Waals surface area contributed by atoms with E-state index in [1.54, 1.807) is 0 Å². The second kappa shape index (κ2) is 8.48. The number of hydrogen-bond acceptors (Lipinski definition) is 4. The fourth-order valence-electron chi connectivity index (χ4n) is 4.54. The first kappa shape index (κ1) is 21.2. The Balaban J connectivity index is 1.71. The van der Waals surface area contributed by atoms with Crippen molar-refractivity contribution in [2.45, 2.75) is 89.8 Å². The van der Waals surface area contributed by atoms with Gasteiger partial charge in [-0.15, -0.1) is 0 Å². The number of carbonyl (C=O) groups is 1. The van der Waals surface area contributed by atoms with Crippen molar-refractivity contribution >= 4 is 14.6 Å². The van der Waals surface area contributed by atoms with Crippen molar-refractivity contribution < 1.29 is 18.7 Å². The predicted octanol–water partition coefficient (Wildman–Crippen LogP) is 5.09. The Kier molecular flexibility index (Phi) is 6.66. The normalized spacial score (nSPS) is 34.9. The van der Waals surface area contributed by atoms with Crippen molar-refractivity contribution in [2.75, 3.05) is 13.2 Å². The van der Waals surface area contributed by atoms with E-state index in [2.05, 4.69) is 39.9 Å². The van der Waals surface area contributed by atoms with Gasteiger partial charge >= 0.3 is 0 Å². The first-order valence-corrected chi connectivity index (χ1v) is 13.7. The first-order valence-electron chi connectivity index (χ1n) is 10.8. The summed E-state index contributed by atoms with van der Waals surface area (Å²) in [5, 5.41) is 0.213. The van der Waals surface area contributed by atoms with Crippen molar-refractivity contribution in [1.82, 2.24) is 0 Å². The highest BCUT2D eigenvalue weighted by Gasteiger charge is 2.47. The Morgan fingerprint density at radius 1 is 1.26 bits per heavy atom. The van der Waals surface area contributed by atoms with Gasteiger partial charge in [-0.05, 0) is 74.1 Å². The van der Waals surface area contributed by atoms with Crippen LogP contribution in [0, 0.1) is 17.8 Å². The van der Waals surface area contributed by atoms with Crippen LogP contribution < -0.4 is 0 Å². The minimum absolute atomic E-state index is 0.0613. The van der Waals surface area contributed by atoms with Crippen LogP contribution in [-0.4, -0.2) is 40.2 Å². The van der Waals surface area contributed by atoms with Gasteiger partial charge in [0.25, 0.3) is 0 Å². The molecule has 1 aliphatic heterocycles. The van der Waals surface area contributed by atoms with Gasteiger partial charge < -0.3 is 13.9 Å². The third kappa shape index (κ3) is 4.92. The molecule has 4 nitrogen and oxygen atoms in total. The minimum Gasteiger partial charge on any atom is -0.416 e. The van der Waals surface area contributed by atoms with E-state index < -0.39 is 8.32 Å². The molecule has 2 fully saturated rings. The van der Waals surface area contributed by atoms with Gasteiger partial charge in [0.2, 0.25) is 0 Å². The molecular weight excluding hydrogens is 356 g/mol. The van der Waals surface area contributed by atoms with E-state index >= 15 is 0 Å². The topological polar surface area (TPSA) is 44.8 Å². The van der Waals surface area contributed by atoms with Crippen LogP contribution in [0.25, 0.3) is 0 Å². The van der Waals surface area contributed by atoms with E-state index in [0.717, 1.165) is 57.2 Å². The standard InChI is InChI=1S/C22H38O4Si/c1-22(2,3)27(4,5)25-15-19-18-10-9-16(14-23)12-17(18)13-20(19)26-21-8-6-7-11-24-21/h12,14,17-21H,6-11,13,15H2,1-5H3/t17-,18-,19?,20?,21?/m1/s1. The maximum atomic E-state index is 11.3. The molecule has 0 spiro atoms. The summed E-state index contributed by atoms with van der Waals surface area (Å²) < 4.78 is 19.0. The number of rotatable bonds is 6. The summed E-state index contributed by atoms with van der Waals surface area (Å²) in [6.07, 6.45) is 9.65. The molecule has 1 saturated heterocycles. The molecule has 0 bridgehead atoms. The molecule has 5 atom stereocenters. The summed E-state index contributed by atoms with van der Waals surface area (Å²) in [5.74, 6) is 1.41. The van der Waals surface area contributed by atoms with Crippen LogP contribution in [0.4, 0.5) is 0 Å². The number of allylic oxidation sites excluding steroid dienone is 2. The highest BCUT2D eigenvalue weighted by molar-refractivity contribution is 6.74. The molecule has 0 amide bonds. The summed E-state index contributed by atoms with van der Waals surface area (Å²) >= 11 is 0. The van der Waals surface area contributed by atoms with Gasteiger partial charge in [-0.3, -0.25) is 4.79 Å². The van der Waals surface area contributed by atoms with Crippen LogP contribution in [0.5, 0.6) is 0 Å². The lowest BCUT2D eigenvalue weighted by atomic mass is 9.79. The monoisotopic (exact) mass is 394 g/mol. The van der Waals surface area contributed by atoms with Gasteiger partial charge in [0.1, 0.15) is 6.29 Å². The van der Waals surface area contributed by atoms with Crippen molar-refractivity contribution in [3.05, 3.63) is 11.6 Å². The number of hydrogen-bond donors (Lipinski definition) is 0. The minimum atomic E-state index is -1.79. The van der Waals surface area contributed by atoms with E-state index in [0.29, 0.717) is 17.8 Å². The molecule has 2 aliphatic carbocycles. The zero-order valence-corrected chi connectivity index (χ0v) is 18.8. The molecule has 1 heterocycles. The highest BCUT2D eigenvalue weighted by Crippen LogP contribution is 2.47. The molecule has 0 radical (unpaired) electrons. The summed E-state index contributed by atoms with van der Waals surface area (Å²) in [5.41, 5.74) is 0.967. The summed E-state index contributed by atoms with van der Waals surface area (Å²) in [6, 6.07) is 0. The van der Waals surface area contributed by atoms with Crippen LogP contribution in [0.3, 0.4) is 0 Å². The number of ether oxygens (including phenoxy) is 2. The Morgan fingerprint density at radius 3 is 2.67 bits per heavy atom. The van der Waals surface area contributed by atoms with Gasteiger partial charge in [-0.25, -0.2) is 0 Å². The SMILES string of the molecule is CC(C)(C)[Si](C)(C)OCC1C(OC2CCCCO2)C[C@H]2C=C(C=O)CC[C@@H]12. The fraction of sp³-hybridized carbons (Fsp3) is 0.864. The highest BCUT2D eigenvalue weighted by atomic mass is 28.4. The Labute approximate surface area is 166 Å². The van der Waals surface area contributed by atoms with E-state index in [1.165, 1.54) is 6.42 Å².